The monoisotopic (exact) mass is 550 g/mol. The van der Waals surface area contributed by atoms with Crippen LogP contribution in [-0.4, -0.2) is 36.8 Å². The quantitative estimate of drug-likeness (QED) is 0.408. The average Bonchev–Trinajstić information content (AvgIpc) is 2.83. The number of hydrogen-bond donors (Lipinski definition) is 0. The smallest absolute Gasteiger partial charge is 1.00 e. The molecule has 2 aliphatic carbocycles. The molecule has 106 valence electrons. The molecular formula is C16H28Sn2Zr-2. The van der Waals surface area contributed by atoms with Crippen molar-refractivity contribution in [2.24, 2.45) is 0 Å². The van der Waals surface area contributed by atoms with Gasteiger partial charge < -0.3 is 2.85 Å². The van der Waals surface area contributed by atoms with Crippen molar-refractivity contribution in [1.29, 1.82) is 0 Å². The van der Waals surface area contributed by atoms with Gasteiger partial charge >= 0.3 is 141 Å². The van der Waals surface area contributed by atoms with Gasteiger partial charge in [0.1, 0.15) is 0 Å². The molecule has 0 spiro atoms. The Bertz CT molecular complexity index is 457. The van der Waals surface area contributed by atoms with Crippen LogP contribution in [0, 0.1) is 0 Å². The first-order chi connectivity index (χ1) is 8.69. The normalized spacial score (nSPS) is 19.9. The summed E-state index contributed by atoms with van der Waals surface area (Å²) >= 11 is -4.19. The molecule has 0 amide bonds. The van der Waals surface area contributed by atoms with Gasteiger partial charge in [-0.1, -0.05) is 0 Å². The predicted octanol–water partition coefficient (Wildman–Crippen LogP) is 5.48. The van der Waals surface area contributed by atoms with Crippen LogP contribution in [0.5, 0.6) is 0 Å². The topological polar surface area (TPSA) is 0 Å². The van der Waals surface area contributed by atoms with Gasteiger partial charge in [-0.25, -0.2) is 0 Å². The fourth-order valence-electron chi connectivity index (χ4n) is 2.83. The van der Waals surface area contributed by atoms with E-state index >= 15 is 0 Å². The number of hydrogen-bond acceptors (Lipinski definition) is 0. The Labute approximate surface area is 141 Å². The maximum atomic E-state index is 2.57. The molecule has 2 rings (SSSR count). The van der Waals surface area contributed by atoms with Gasteiger partial charge in [-0.3, -0.25) is 0 Å². The van der Waals surface area contributed by atoms with Crippen molar-refractivity contribution in [2.75, 3.05) is 0 Å². The van der Waals surface area contributed by atoms with Crippen LogP contribution in [-0.2, 0) is 23.2 Å². The van der Waals surface area contributed by atoms with Gasteiger partial charge in [-0.05, 0) is 0 Å². The van der Waals surface area contributed by atoms with E-state index in [1.807, 2.05) is 13.7 Å². The molecule has 0 bridgehead atoms. The van der Waals surface area contributed by atoms with E-state index in [1.165, 1.54) is 12.8 Å². The molecule has 0 radical (unpaired) electrons. The average molecular weight is 549 g/mol. The van der Waals surface area contributed by atoms with Crippen LogP contribution >= 0.6 is 0 Å². The van der Waals surface area contributed by atoms with Crippen molar-refractivity contribution in [3.8, 4) is 0 Å². The van der Waals surface area contributed by atoms with Gasteiger partial charge in [0, 0.05) is 0 Å². The Hall–Kier alpha value is 1.44. The summed E-state index contributed by atoms with van der Waals surface area (Å²) in [4.78, 5) is 15.4. The Morgan fingerprint density at radius 2 is 1.16 bits per heavy atom. The van der Waals surface area contributed by atoms with Crippen LogP contribution in [0.25, 0.3) is 0 Å². The minimum atomic E-state index is -1.86. The van der Waals surface area contributed by atoms with Gasteiger partial charge in [0.05, 0.1) is 0 Å². The van der Waals surface area contributed by atoms with E-state index < -0.39 is 60.0 Å². The Morgan fingerprint density at radius 1 is 0.789 bits per heavy atom. The molecule has 0 aromatic rings. The van der Waals surface area contributed by atoms with Crippen molar-refractivity contribution >= 4 is 36.8 Å². The van der Waals surface area contributed by atoms with E-state index in [-0.39, 0.29) is 2.85 Å². The maximum Gasteiger partial charge on any atom is -1.00 e. The van der Waals surface area contributed by atoms with Gasteiger partial charge in [0.15, 0.2) is 0 Å². The van der Waals surface area contributed by atoms with Crippen LogP contribution in [0.2, 0.25) is 29.6 Å². The van der Waals surface area contributed by atoms with Gasteiger partial charge in [0.2, 0.25) is 0 Å². The molecule has 0 atom stereocenters. The summed E-state index contributed by atoms with van der Waals surface area (Å²) in [6, 6.07) is 0. The third-order valence-corrected chi connectivity index (χ3v) is 23.0. The Morgan fingerprint density at radius 3 is 1.47 bits per heavy atom. The molecule has 0 fully saturated rings. The van der Waals surface area contributed by atoms with Crippen molar-refractivity contribution in [3.63, 3.8) is 0 Å². The molecule has 0 unspecified atom stereocenters. The van der Waals surface area contributed by atoms with Gasteiger partial charge in [0.25, 0.3) is 0 Å². The van der Waals surface area contributed by atoms with Crippen LogP contribution in [0.3, 0.4) is 0 Å². The van der Waals surface area contributed by atoms with Crippen LogP contribution < -0.4 is 0 Å². The molecule has 2 aliphatic rings. The SMILES string of the molecule is [CH3][Sn]([CH3])([CH3])[C]1=[C]([Zr][C]2=[C]([Sn]([CH3])([CH3])[CH3])C=CC2)CC=C1.[H-].[H-]. The molecule has 3 heteroatoms. The molecule has 0 saturated carbocycles. The fourth-order valence-corrected chi connectivity index (χ4v) is 29.6. The first-order valence-corrected chi connectivity index (χ1v) is 29.7. The summed E-state index contributed by atoms with van der Waals surface area (Å²) in [5.41, 5.74) is 0. The molecule has 0 aromatic carbocycles. The minimum absolute atomic E-state index is 0. The molecular weight excluding hydrogens is 521 g/mol. The van der Waals surface area contributed by atoms with E-state index in [4.69, 9.17) is 0 Å². The van der Waals surface area contributed by atoms with E-state index in [1.54, 1.807) is 0 Å². The fraction of sp³-hybridized carbons (Fsp3) is 0.500. The summed E-state index contributed by atoms with van der Waals surface area (Å²) in [6.45, 7) is 0. The standard InChI is InChI=1S/2C5H4.6CH3.2Sn.Zr.2H/c2*1-2-4-5-3-1;;;;;;;;;;;/h2*1-2H,3H2;6*1H3;;;;;/q;;;;;;;;;;;2*-1. The minimum Gasteiger partial charge on any atom is -1.00 e. The van der Waals surface area contributed by atoms with Crippen LogP contribution in [0.1, 0.15) is 15.7 Å². The maximum absolute atomic E-state index is 2.57. The molecule has 0 nitrogen and oxygen atoms in total. The van der Waals surface area contributed by atoms with E-state index in [0.29, 0.717) is 0 Å². The summed E-state index contributed by atoms with van der Waals surface area (Å²) in [7, 11) is 0. The first kappa shape index (κ1) is 16.8. The van der Waals surface area contributed by atoms with E-state index in [2.05, 4.69) is 53.9 Å². The third kappa shape index (κ3) is 4.22. The van der Waals surface area contributed by atoms with Gasteiger partial charge in [-0.15, -0.1) is 0 Å². The molecule has 0 aromatic heterocycles. The Balaban J connectivity index is 0.00000200. The second-order valence-corrected chi connectivity index (χ2v) is 40.0. The molecule has 0 aliphatic heterocycles. The van der Waals surface area contributed by atoms with E-state index in [0.717, 1.165) is 0 Å². The third-order valence-electron chi connectivity index (χ3n) is 3.78. The second-order valence-electron chi connectivity index (χ2n) is 7.62. The van der Waals surface area contributed by atoms with Crippen molar-refractivity contribution in [2.45, 2.75) is 42.5 Å². The van der Waals surface area contributed by atoms with Crippen molar-refractivity contribution in [1.82, 2.24) is 0 Å². The zero-order valence-corrected chi connectivity index (χ0v) is 21.4. The van der Waals surface area contributed by atoms with Crippen LogP contribution in [0.4, 0.5) is 0 Å². The molecule has 0 saturated heterocycles. The largest absolute Gasteiger partial charge is 1.00 e. The number of rotatable bonds is 4. The van der Waals surface area contributed by atoms with E-state index in [9.17, 15) is 0 Å². The molecule has 0 N–H and O–H groups in total. The molecule has 0 heterocycles. The molecule has 19 heavy (non-hydrogen) atoms. The summed E-state index contributed by atoms with van der Waals surface area (Å²) in [6.07, 6.45) is 12.5. The predicted molar refractivity (Wildman–Crippen MR) is 90.5 cm³/mol. The van der Waals surface area contributed by atoms with Crippen molar-refractivity contribution in [3.05, 3.63) is 38.0 Å². The summed E-state index contributed by atoms with van der Waals surface area (Å²) < 4.78 is 7.59. The Kier molecular flexibility index (Phi) is 5.56. The first-order valence-electron chi connectivity index (χ1n) is 7.27. The zero-order valence-electron chi connectivity index (χ0n) is 15.2. The summed E-state index contributed by atoms with van der Waals surface area (Å²) in [5.74, 6) is 0. The second kappa shape index (κ2) is 6.28. The van der Waals surface area contributed by atoms with Gasteiger partial charge in [-0.2, -0.15) is 0 Å². The van der Waals surface area contributed by atoms with Crippen molar-refractivity contribution < 1.29 is 26.1 Å². The van der Waals surface area contributed by atoms with Crippen LogP contribution in [0.15, 0.2) is 38.0 Å². The zero-order chi connectivity index (χ0) is 14.3. The summed E-state index contributed by atoms with van der Waals surface area (Å²) in [5, 5.41) is 0. The number of allylic oxidation sites excluding steroid dienone is 8.